The quantitative estimate of drug-likeness (QED) is 0.347. The van der Waals surface area contributed by atoms with Gasteiger partial charge in [-0.25, -0.2) is 0 Å². The van der Waals surface area contributed by atoms with Gasteiger partial charge in [-0.3, -0.25) is 4.79 Å². The highest BCUT2D eigenvalue weighted by Crippen LogP contribution is 2.65. The molecule has 1 N–H and O–H groups in total. The van der Waals surface area contributed by atoms with Crippen molar-refractivity contribution in [2.45, 2.75) is 96.6 Å². The Balaban J connectivity index is 1.17. The molecule has 8 heteroatoms. The van der Waals surface area contributed by atoms with E-state index >= 15 is 0 Å². The lowest BCUT2D eigenvalue weighted by atomic mass is 9.43. The molecule has 0 radical (unpaired) electrons. The van der Waals surface area contributed by atoms with Gasteiger partial charge in [-0.15, -0.1) is 0 Å². The number of carbonyl (C=O) groups is 1. The molecule has 2 aliphatic heterocycles. The van der Waals surface area contributed by atoms with Gasteiger partial charge in [-0.2, -0.15) is 0 Å². The van der Waals surface area contributed by atoms with Gasteiger partial charge in [0.25, 0.3) is 5.91 Å². The van der Waals surface area contributed by atoms with E-state index in [0.717, 1.165) is 29.7 Å². The minimum Gasteiger partial charge on any atom is -0.404 e. The smallest absolute Gasteiger partial charge is 0.404 e. The molecule has 2 bridgehead atoms. The number of nitrogens with one attached hydrogen (secondary N) is 1. The third-order valence-electron chi connectivity index (χ3n) is 10.3. The molecule has 0 aromatic heterocycles. The van der Waals surface area contributed by atoms with Crippen molar-refractivity contribution in [2.24, 2.45) is 28.3 Å². The normalized spacial score (nSPS) is 31.6. The van der Waals surface area contributed by atoms with Crippen LogP contribution < -0.4 is 5.32 Å². The molecule has 1 unspecified atom stereocenters. The van der Waals surface area contributed by atoms with E-state index in [4.69, 9.17) is 18.9 Å². The maximum atomic E-state index is 14.3. The number of ether oxygens (including phenoxy) is 1. The topological polar surface area (TPSA) is 78.4 Å². The first-order chi connectivity index (χ1) is 20.1. The van der Waals surface area contributed by atoms with Crippen LogP contribution in [0.3, 0.4) is 0 Å². The van der Waals surface area contributed by atoms with Gasteiger partial charge < -0.3 is 24.2 Å². The van der Waals surface area contributed by atoms with Gasteiger partial charge in [0.2, 0.25) is 5.60 Å². The lowest BCUT2D eigenvalue weighted by Gasteiger charge is -2.64. The van der Waals surface area contributed by atoms with Gasteiger partial charge >= 0.3 is 7.12 Å². The highest BCUT2D eigenvalue weighted by molar-refractivity contribution is 6.48. The lowest BCUT2D eigenvalue weighted by Crippen LogP contribution is -2.65. The van der Waals surface area contributed by atoms with Crippen molar-refractivity contribution in [3.63, 3.8) is 0 Å². The van der Waals surface area contributed by atoms with E-state index in [1.54, 1.807) is 0 Å². The minimum absolute atomic E-state index is 0.0588. The van der Waals surface area contributed by atoms with E-state index in [-0.39, 0.29) is 29.0 Å². The van der Waals surface area contributed by atoms with Crippen LogP contribution in [0.2, 0.25) is 0 Å². The van der Waals surface area contributed by atoms with Gasteiger partial charge in [-0.05, 0) is 60.5 Å². The number of amides is 1. The van der Waals surface area contributed by atoms with Crippen molar-refractivity contribution in [1.29, 1.82) is 0 Å². The molecular formula is C34H45BN2O5. The predicted octanol–water partition coefficient (Wildman–Crippen LogP) is 5.76. The zero-order valence-electron chi connectivity index (χ0n) is 25.7. The van der Waals surface area contributed by atoms with Crippen molar-refractivity contribution in [1.82, 2.24) is 5.32 Å². The summed E-state index contributed by atoms with van der Waals surface area (Å²) in [6, 6.07) is 20.0. The van der Waals surface area contributed by atoms with Gasteiger partial charge in [-0.1, -0.05) is 93.5 Å². The maximum absolute atomic E-state index is 14.3. The maximum Gasteiger partial charge on any atom is 0.481 e. The van der Waals surface area contributed by atoms with Gasteiger partial charge in [0.15, 0.2) is 0 Å². The molecule has 5 aliphatic rings. The van der Waals surface area contributed by atoms with E-state index in [2.05, 4.69) is 45.1 Å². The molecule has 6 atom stereocenters. The second kappa shape index (κ2) is 11.4. The number of benzene rings is 2. The number of hydrogen-bond acceptors (Lipinski definition) is 6. The standard InChI is InChI=1S/C34H45BN2O5/c1-23(2)16-30(35-40-29-18-26-17-28(32(26,3)4)33(29,5)41-35)36-31(38)34(19-24-12-8-6-9-13-24)20-27(37-42-34)22-39-21-25-14-10-7-11-15-25/h6-15,23,26,28-30H,16-22H2,1-5H3,(H,36,38)/t26-,28-,29+,30-,33-,34?/m0/s1. The summed E-state index contributed by atoms with van der Waals surface area (Å²) in [5, 5.41) is 7.72. The third-order valence-corrected chi connectivity index (χ3v) is 10.3. The summed E-state index contributed by atoms with van der Waals surface area (Å²) < 4.78 is 19.4. The fraction of sp³-hybridized carbons (Fsp3) is 0.588. The average Bonchev–Trinajstić information content (AvgIpc) is 3.54. The van der Waals surface area contributed by atoms with Gasteiger partial charge in [0.05, 0.1) is 36.6 Å². The SMILES string of the molecule is CC(C)C[C@H](NC(=O)C1(Cc2ccccc2)CC(COCc2ccccc2)=NO1)B1O[C@@H]2C[C@@H]3C[C@@H](C3(C)C)[C@]2(C)O1. The molecule has 42 heavy (non-hydrogen) atoms. The van der Waals surface area contributed by atoms with Crippen molar-refractivity contribution >= 4 is 18.7 Å². The van der Waals surface area contributed by atoms with Crippen LogP contribution in [-0.4, -0.2) is 48.6 Å². The number of hydrogen-bond donors (Lipinski definition) is 1. The van der Waals surface area contributed by atoms with Crippen LogP contribution in [0, 0.1) is 23.2 Å². The first-order valence-corrected chi connectivity index (χ1v) is 15.6. The molecule has 7 nitrogen and oxygen atoms in total. The van der Waals surface area contributed by atoms with Gasteiger partial charge in [0.1, 0.15) is 0 Å². The molecule has 7 rings (SSSR count). The number of carbonyl (C=O) groups excluding carboxylic acids is 1. The largest absolute Gasteiger partial charge is 0.481 e. The summed E-state index contributed by atoms with van der Waals surface area (Å²) in [7, 11) is -0.494. The summed E-state index contributed by atoms with van der Waals surface area (Å²) in [5.41, 5.74) is 1.60. The number of rotatable bonds is 11. The van der Waals surface area contributed by atoms with Crippen LogP contribution in [0.15, 0.2) is 65.8 Å². The summed E-state index contributed by atoms with van der Waals surface area (Å²) in [4.78, 5) is 20.3. The Hall–Kier alpha value is -2.68. The van der Waals surface area contributed by atoms with Crippen LogP contribution >= 0.6 is 0 Å². The molecule has 2 heterocycles. The second-order valence-electron chi connectivity index (χ2n) is 14.1. The highest BCUT2D eigenvalue weighted by Gasteiger charge is 2.68. The Morgan fingerprint density at radius 3 is 2.38 bits per heavy atom. The third kappa shape index (κ3) is 5.54. The van der Waals surface area contributed by atoms with E-state index in [1.165, 1.54) is 6.42 Å². The molecule has 1 amide bonds. The second-order valence-corrected chi connectivity index (χ2v) is 14.1. The average molecular weight is 573 g/mol. The summed E-state index contributed by atoms with van der Waals surface area (Å²) in [6.45, 7) is 12.1. The Morgan fingerprint density at radius 1 is 1.02 bits per heavy atom. The van der Waals surface area contributed by atoms with Crippen LogP contribution in [0.5, 0.6) is 0 Å². The fourth-order valence-corrected chi connectivity index (χ4v) is 7.82. The van der Waals surface area contributed by atoms with Gasteiger partial charge in [0, 0.05) is 12.8 Å². The summed E-state index contributed by atoms with van der Waals surface area (Å²) in [5.74, 6) is 0.992. The highest BCUT2D eigenvalue weighted by atomic mass is 16.7. The fourth-order valence-electron chi connectivity index (χ4n) is 7.82. The Bertz CT molecular complexity index is 1290. The molecule has 3 aliphatic carbocycles. The summed E-state index contributed by atoms with van der Waals surface area (Å²) >= 11 is 0. The van der Waals surface area contributed by atoms with E-state index in [9.17, 15) is 4.79 Å². The molecule has 3 saturated carbocycles. The monoisotopic (exact) mass is 572 g/mol. The van der Waals surface area contributed by atoms with Crippen LogP contribution in [0.25, 0.3) is 0 Å². The predicted molar refractivity (Wildman–Crippen MR) is 164 cm³/mol. The number of nitrogens with zero attached hydrogens (tertiary/aromatic N) is 1. The molecule has 0 spiro atoms. The van der Waals surface area contributed by atoms with Crippen LogP contribution in [-0.2, 0) is 36.7 Å². The van der Waals surface area contributed by atoms with Crippen molar-refractivity contribution in [2.75, 3.05) is 6.61 Å². The molecule has 4 fully saturated rings. The molecule has 2 aromatic carbocycles. The molecular weight excluding hydrogens is 527 g/mol. The lowest BCUT2D eigenvalue weighted by molar-refractivity contribution is -0.199. The van der Waals surface area contributed by atoms with Crippen LogP contribution in [0.1, 0.15) is 71.4 Å². The zero-order chi connectivity index (χ0) is 29.5. The van der Waals surface area contributed by atoms with Crippen LogP contribution in [0.4, 0.5) is 0 Å². The molecule has 1 saturated heterocycles. The van der Waals surface area contributed by atoms with E-state index < -0.39 is 12.7 Å². The first kappa shape index (κ1) is 29.4. The first-order valence-electron chi connectivity index (χ1n) is 15.6. The molecule has 224 valence electrons. The summed E-state index contributed by atoms with van der Waals surface area (Å²) in [6.07, 6.45) is 3.78. The Labute approximate surface area is 250 Å². The minimum atomic E-state index is -1.17. The Morgan fingerprint density at radius 2 is 1.71 bits per heavy atom. The Kier molecular flexibility index (Phi) is 8.01. The number of oxime groups is 1. The molecule has 2 aromatic rings. The van der Waals surface area contributed by atoms with Crippen molar-refractivity contribution in [3.05, 3.63) is 71.8 Å². The van der Waals surface area contributed by atoms with Crippen molar-refractivity contribution in [3.8, 4) is 0 Å². The van der Waals surface area contributed by atoms with E-state index in [1.807, 2.05) is 60.7 Å². The zero-order valence-corrected chi connectivity index (χ0v) is 25.7. The van der Waals surface area contributed by atoms with Crippen molar-refractivity contribution < 1.29 is 23.7 Å². The van der Waals surface area contributed by atoms with E-state index in [0.29, 0.717) is 43.8 Å².